The number of carbonyl (C=O) groups excluding carboxylic acids is 1. The molecule has 1 fully saturated rings. The molecule has 1 amide bonds. The van der Waals surface area contributed by atoms with Crippen molar-refractivity contribution in [3.8, 4) is 5.69 Å². The molecule has 1 saturated carbocycles. The Kier molecular flexibility index (Phi) is 5.32. The minimum Gasteiger partial charge on any atom is -0.480 e. The number of carboxylic acid groups (broad SMARTS) is 1. The van der Waals surface area contributed by atoms with Gasteiger partial charge in [-0.1, -0.05) is 49.6 Å². The van der Waals surface area contributed by atoms with E-state index in [-0.39, 0.29) is 11.8 Å². The molecule has 9 nitrogen and oxygen atoms in total. The molecule has 0 saturated heterocycles. The van der Waals surface area contributed by atoms with Gasteiger partial charge in [0, 0.05) is 23.4 Å². The minimum atomic E-state index is -1.07. The third-order valence-electron chi connectivity index (χ3n) is 7.21. The number of carbonyl (C=O) groups is 2. The summed E-state index contributed by atoms with van der Waals surface area (Å²) in [5.41, 5.74) is 2.95. The number of benzene rings is 2. The van der Waals surface area contributed by atoms with E-state index in [1.165, 1.54) is 11.3 Å². The second-order valence-corrected chi connectivity index (χ2v) is 9.37. The van der Waals surface area contributed by atoms with Gasteiger partial charge in [0.1, 0.15) is 18.3 Å². The van der Waals surface area contributed by atoms with Crippen LogP contribution in [0.25, 0.3) is 16.6 Å². The molecular weight excluding hydrogens is 444 g/mol. The monoisotopic (exact) mass is 470 g/mol. The van der Waals surface area contributed by atoms with Crippen LogP contribution in [0.15, 0.2) is 48.5 Å². The topological polar surface area (TPSA) is 117 Å². The number of anilines is 1. The first-order valence-corrected chi connectivity index (χ1v) is 12.1. The van der Waals surface area contributed by atoms with Gasteiger partial charge in [-0.15, -0.1) is 10.2 Å². The number of rotatable bonds is 5. The number of H-pyrrole nitrogens is 1. The summed E-state index contributed by atoms with van der Waals surface area (Å²) in [5.74, 6) is -0.418. The third kappa shape index (κ3) is 3.67. The Morgan fingerprint density at radius 2 is 1.69 bits per heavy atom. The molecule has 2 N–H and O–H groups in total. The van der Waals surface area contributed by atoms with Gasteiger partial charge in [0.15, 0.2) is 5.82 Å². The second kappa shape index (κ2) is 8.65. The smallest absolute Gasteiger partial charge is 0.323 e. The predicted molar refractivity (Wildman–Crippen MR) is 130 cm³/mol. The van der Waals surface area contributed by atoms with Crippen molar-refractivity contribution in [1.82, 2.24) is 25.0 Å². The van der Waals surface area contributed by atoms with Crippen molar-refractivity contribution in [2.75, 3.05) is 11.4 Å². The van der Waals surface area contributed by atoms with Crippen LogP contribution >= 0.6 is 0 Å². The molecule has 2 aromatic heterocycles. The highest BCUT2D eigenvalue weighted by Gasteiger charge is 2.39. The lowest BCUT2D eigenvalue weighted by Gasteiger charge is -2.24. The van der Waals surface area contributed by atoms with E-state index < -0.39 is 18.4 Å². The van der Waals surface area contributed by atoms with Gasteiger partial charge in [-0.25, -0.2) is 0 Å². The van der Waals surface area contributed by atoms with Crippen molar-refractivity contribution in [3.05, 3.63) is 65.9 Å². The summed E-state index contributed by atoms with van der Waals surface area (Å²) in [6.07, 6.45) is 5.87. The number of nitrogens with zero attached hydrogens (tertiary/aromatic N) is 5. The standard InChI is InChI=1S/C26H26N6O3/c33-23(34)15-31-21-12-6-7-13-22(21)32-24(16-8-2-1-3-9-16)29-30-25(32)18(26(31)35)14-20-17-10-4-5-11-19(17)27-28-20/h4-7,10-13,16,18H,1-3,8-9,14-15H2,(H,27,28)(H,33,34). The molecule has 3 heterocycles. The van der Waals surface area contributed by atoms with Crippen LogP contribution in [0.4, 0.5) is 5.69 Å². The lowest BCUT2D eigenvalue weighted by molar-refractivity contribution is -0.136. The first kappa shape index (κ1) is 21.5. The maximum absolute atomic E-state index is 14.0. The summed E-state index contributed by atoms with van der Waals surface area (Å²) in [4.78, 5) is 27.2. The molecule has 0 spiro atoms. The molecule has 4 aromatic rings. The Hall–Kier alpha value is -4.01. The highest BCUT2D eigenvalue weighted by Crippen LogP contribution is 2.40. The van der Waals surface area contributed by atoms with Crippen LogP contribution in [0.3, 0.4) is 0 Å². The second-order valence-electron chi connectivity index (χ2n) is 9.37. The number of amides is 1. The van der Waals surface area contributed by atoms with Crippen LogP contribution in [0.5, 0.6) is 0 Å². The molecule has 2 aliphatic rings. The number of aromatic amines is 1. The summed E-state index contributed by atoms with van der Waals surface area (Å²) in [5, 5.41) is 27.3. The van der Waals surface area contributed by atoms with Gasteiger partial charge in [0.05, 0.1) is 16.9 Å². The number of hydrogen-bond donors (Lipinski definition) is 2. The Balaban J connectivity index is 1.53. The van der Waals surface area contributed by atoms with E-state index in [9.17, 15) is 14.7 Å². The molecule has 2 aromatic carbocycles. The van der Waals surface area contributed by atoms with E-state index in [0.29, 0.717) is 17.9 Å². The van der Waals surface area contributed by atoms with E-state index in [2.05, 4.69) is 20.4 Å². The number of carboxylic acids is 1. The molecule has 0 bridgehead atoms. The van der Waals surface area contributed by atoms with E-state index in [1.54, 1.807) is 6.07 Å². The highest BCUT2D eigenvalue weighted by molar-refractivity contribution is 6.03. The van der Waals surface area contributed by atoms with Crippen molar-refractivity contribution in [2.24, 2.45) is 0 Å². The SMILES string of the molecule is O=C(O)CN1C(=O)C(Cc2[nH]nc3ccccc23)c2nnc(C3CCCCC3)n2-c2ccccc21. The van der Waals surface area contributed by atoms with E-state index in [4.69, 9.17) is 0 Å². The zero-order valence-corrected chi connectivity index (χ0v) is 19.2. The van der Waals surface area contributed by atoms with Crippen molar-refractivity contribution in [2.45, 2.75) is 50.4 Å². The molecule has 35 heavy (non-hydrogen) atoms. The molecule has 1 aliphatic carbocycles. The summed E-state index contributed by atoms with van der Waals surface area (Å²) >= 11 is 0. The molecule has 6 rings (SSSR count). The van der Waals surface area contributed by atoms with Crippen molar-refractivity contribution in [1.29, 1.82) is 0 Å². The number of nitrogens with one attached hydrogen (secondary N) is 1. The van der Waals surface area contributed by atoms with Gasteiger partial charge in [-0.2, -0.15) is 5.10 Å². The van der Waals surface area contributed by atoms with Crippen LogP contribution in [0.2, 0.25) is 0 Å². The van der Waals surface area contributed by atoms with E-state index >= 15 is 0 Å². The zero-order valence-electron chi connectivity index (χ0n) is 19.2. The summed E-state index contributed by atoms with van der Waals surface area (Å²) in [7, 11) is 0. The fourth-order valence-corrected chi connectivity index (χ4v) is 5.56. The molecule has 0 radical (unpaired) electrons. The average Bonchev–Trinajstić information content (AvgIpc) is 3.48. The number of para-hydroxylation sites is 3. The Morgan fingerprint density at radius 1 is 0.971 bits per heavy atom. The quantitative estimate of drug-likeness (QED) is 0.456. The van der Waals surface area contributed by atoms with E-state index in [1.807, 2.05) is 47.0 Å². The summed E-state index contributed by atoms with van der Waals surface area (Å²) in [6, 6.07) is 15.2. The highest BCUT2D eigenvalue weighted by atomic mass is 16.4. The van der Waals surface area contributed by atoms with Gasteiger partial charge in [-0.05, 0) is 31.0 Å². The predicted octanol–water partition coefficient (Wildman–Crippen LogP) is 3.95. The number of hydrogen-bond acceptors (Lipinski definition) is 5. The Bertz CT molecular complexity index is 1420. The minimum absolute atomic E-state index is 0.257. The van der Waals surface area contributed by atoms with Crippen LogP contribution in [0, 0.1) is 0 Å². The van der Waals surface area contributed by atoms with Crippen LogP contribution in [0.1, 0.15) is 61.3 Å². The third-order valence-corrected chi connectivity index (χ3v) is 7.21. The van der Waals surface area contributed by atoms with Crippen molar-refractivity contribution < 1.29 is 14.7 Å². The molecule has 9 heteroatoms. The van der Waals surface area contributed by atoms with Gasteiger partial charge < -0.3 is 5.11 Å². The Morgan fingerprint density at radius 3 is 2.49 bits per heavy atom. The first-order chi connectivity index (χ1) is 17.1. The van der Waals surface area contributed by atoms with Crippen molar-refractivity contribution >= 4 is 28.5 Å². The molecule has 178 valence electrons. The van der Waals surface area contributed by atoms with Crippen molar-refractivity contribution in [3.63, 3.8) is 0 Å². The number of fused-ring (bicyclic) bond motifs is 4. The zero-order chi connectivity index (χ0) is 23.9. The molecular formula is C26H26N6O3. The van der Waals surface area contributed by atoms with Crippen LogP contribution in [-0.4, -0.2) is 48.5 Å². The lowest BCUT2D eigenvalue weighted by Crippen LogP contribution is -2.39. The number of aliphatic carboxylic acids is 1. The normalized spacial score (nSPS) is 18.3. The molecule has 1 unspecified atom stereocenters. The van der Waals surface area contributed by atoms with E-state index in [0.717, 1.165) is 53.8 Å². The summed E-state index contributed by atoms with van der Waals surface area (Å²) < 4.78 is 2.02. The maximum atomic E-state index is 14.0. The first-order valence-electron chi connectivity index (χ1n) is 12.1. The largest absolute Gasteiger partial charge is 0.480 e. The van der Waals surface area contributed by atoms with Crippen LogP contribution < -0.4 is 4.90 Å². The lowest BCUT2D eigenvalue weighted by atomic mass is 9.88. The fourth-order valence-electron chi connectivity index (χ4n) is 5.56. The average molecular weight is 471 g/mol. The van der Waals surface area contributed by atoms with Gasteiger partial charge in [0.2, 0.25) is 5.91 Å². The van der Waals surface area contributed by atoms with Crippen LogP contribution in [-0.2, 0) is 16.0 Å². The fraction of sp³-hybridized carbons (Fsp3) is 0.346. The number of aromatic nitrogens is 5. The summed E-state index contributed by atoms with van der Waals surface area (Å²) in [6.45, 7) is -0.424. The molecule has 1 atom stereocenters. The van der Waals surface area contributed by atoms with Gasteiger partial charge in [-0.3, -0.25) is 24.2 Å². The maximum Gasteiger partial charge on any atom is 0.323 e. The van der Waals surface area contributed by atoms with Gasteiger partial charge >= 0.3 is 5.97 Å². The van der Waals surface area contributed by atoms with Gasteiger partial charge in [0.25, 0.3) is 0 Å². The Labute approximate surface area is 201 Å². The molecule has 1 aliphatic heterocycles.